The predicted octanol–water partition coefficient (Wildman–Crippen LogP) is 16.9. The molecule has 0 heterocycles. The van der Waals surface area contributed by atoms with Gasteiger partial charge in [-0.1, -0.05) is 188 Å². The Kier molecular flexibility index (Phi) is 7.96. The highest BCUT2D eigenvalue weighted by Gasteiger charge is 2.17. The van der Waals surface area contributed by atoms with E-state index in [4.69, 9.17) is 0 Å². The molecule has 278 valence electrons. The molecule has 60 heavy (non-hydrogen) atoms. The van der Waals surface area contributed by atoms with Crippen LogP contribution in [0.3, 0.4) is 0 Å². The van der Waals surface area contributed by atoms with Crippen LogP contribution in [0.4, 0.5) is 0 Å². The van der Waals surface area contributed by atoms with Gasteiger partial charge in [-0.05, 0) is 163 Å². The highest BCUT2D eigenvalue weighted by molar-refractivity contribution is 6.22. The zero-order chi connectivity index (χ0) is 39.6. The number of rotatable bonds is 5. The van der Waals surface area contributed by atoms with Crippen molar-refractivity contribution in [2.75, 3.05) is 0 Å². The summed E-state index contributed by atoms with van der Waals surface area (Å²) in [6.07, 6.45) is 0. The first-order valence-corrected chi connectivity index (χ1v) is 20.8. The Balaban J connectivity index is 0.890. The number of fused-ring (bicyclic) bond motifs is 6. The van der Waals surface area contributed by atoms with Crippen LogP contribution in [0.5, 0.6) is 0 Å². The monoisotopic (exact) mass is 758 g/mol. The first-order chi connectivity index (χ1) is 29.7. The van der Waals surface area contributed by atoms with Crippen LogP contribution in [-0.4, -0.2) is 0 Å². The molecule has 0 bridgehead atoms. The summed E-state index contributed by atoms with van der Waals surface area (Å²) in [6.45, 7) is 0. The van der Waals surface area contributed by atoms with Gasteiger partial charge in [0.2, 0.25) is 0 Å². The van der Waals surface area contributed by atoms with Gasteiger partial charge in [0, 0.05) is 0 Å². The molecule has 0 N–H and O–H groups in total. The maximum atomic E-state index is 2.37. The second-order valence-electron chi connectivity index (χ2n) is 16.1. The van der Waals surface area contributed by atoms with E-state index in [1.165, 1.54) is 120 Å². The molecule has 0 fully saturated rings. The lowest BCUT2D eigenvalue weighted by Gasteiger charge is -2.18. The van der Waals surface area contributed by atoms with Crippen LogP contribution < -0.4 is 0 Å². The molecule has 0 unspecified atom stereocenters. The lowest BCUT2D eigenvalue weighted by atomic mass is 9.85. The van der Waals surface area contributed by atoms with E-state index >= 15 is 0 Å². The van der Waals surface area contributed by atoms with Gasteiger partial charge < -0.3 is 0 Å². The van der Waals surface area contributed by atoms with Gasteiger partial charge >= 0.3 is 0 Å². The van der Waals surface area contributed by atoms with E-state index < -0.39 is 0 Å². The molecule has 0 aliphatic rings. The number of hydrogen-bond acceptors (Lipinski definition) is 0. The molecule has 0 spiro atoms. The van der Waals surface area contributed by atoms with E-state index in [2.05, 4.69) is 231 Å². The normalized spacial score (nSPS) is 11.7. The number of hydrogen-bond donors (Lipinski definition) is 0. The van der Waals surface area contributed by atoms with Crippen molar-refractivity contribution >= 4 is 64.6 Å². The molecule has 0 aliphatic carbocycles. The van der Waals surface area contributed by atoms with E-state index in [1.807, 2.05) is 0 Å². The largest absolute Gasteiger partial charge is 0.0616 e. The quantitative estimate of drug-likeness (QED) is 0.153. The van der Waals surface area contributed by atoms with Gasteiger partial charge in [0.25, 0.3) is 0 Å². The summed E-state index contributed by atoms with van der Waals surface area (Å²) in [5.41, 5.74) is 12.4. The standard InChI is InChI=1S/C60H38/c1-3-12-41-32-45(22-20-39(41)10-1)47-26-28-51-36-52(30-29-49(51)34-47)50-27-25-46-33-44(23-24-48(46)35-50)43-14-9-15-53(38-43)59-55-16-5-7-18-57(55)60(58-19-8-6-17-56(58)59)54-31-21-40-11-2-4-13-42(40)37-54/h1-38H. The van der Waals surface area contributed by atoms with Gasteiger partial charge in [0.1, 0.15) is 0 Å². The second-order valence-corrected chi connectivity index (χ2v) is 16.1. The SMILES string of the molecule is c1cc(-c2ccc3cc(-c4ccc5cc(-c6ccc7ccccc7c6)ccc5c4)ccc3c2)cc(-c2c3ccccc3c(-c3ccc4ccccc4c3)c3ccccc23)c1. The molecule has 0 amide bonds. The van der Waals surface area contributed by atoms with Gasteiger partial charge in [-0.25, -0.2) is 0 Å². The van der Waals surface area contributed by atoms with Crippen molar-refractivity contribution in [1.29, 1.82) is 0 Å². The van der Waals surface area contributed by atoms with E-state index in [0.29, 0.717) is 0 Å². The topological polar surface area (TPSA) is 0 Å². The van der Waals surface area contributed by atoms with Crippen molar-refractivity contribution in [2.45, 2.75) is 0 Å². The van der Waals surface area contributed by atoms with Crippen molar-refractivity contribution < 1.29 is 0 Å². The second kappa shape index (κ2) is 13.9. The average molecular weight is 759 g/mol. The first-order valence-electron chi connectivity index (χ1n) is 20.8. The fraction of sp³-hybridized carbons (Fsp3) is 0. The van der Waals surface area contributed by atoms with Crippen LogP contribution in [0.15, 0.2) is 231 Å². The van der Waals surface area contributed by atoms with E-state index in [0.717, 1.165) is 0 Å². The van der Waals surface area contributed by atoms with Crippen LogP contribution in [-0.2, 0) is 0 Å². The lowest BCUT2D eigenvalue weighted by Crippen LogP contribution is -1.91. The summed E-state index contributed by atoms with van der Waals surface area (Å²) in [5.74, 6) is 0. The molecule has 0 heteroatoms. The minimum atomic E-state index is 1.21. The summed E-state index contributed by atoms with van der Waals surface area (Å²) in [4.78, 5) is 0. The third-order valence-electron chi connectivity index (χ3n) is 12.6. The third-order valence-corrected chi connectivity index (χ3v) is 12.6. The van der Waals surface area contributed by atoms with Gasteiger partial charge in [-0.2, -0.15) is 0 Å². The van der Waals surface area contributed by atoms with Gasteiger partial charge in [-0.15, -0.1) is 0 Å². The molecule has 0 saturated heterocycles. The van der Waals surface area contributed by atoms with E-state index in [-0.39, 0.29) is 0 Å². The Labute approximate surface area is 349 Å². The molecule has 0 nitrogen and oxygen atoms in total. The fourth-order valence-electron chi connectivity index (χ4n) is 9.53. The number of benzene rings is 12. The van der Waals surface area contributed by atoms with Crippen molar-refractivity contribution in [3.05, 3.63) is 231 Å². The van der Waals surface area contributed by atoms with Crippen LogP contribution >= 0.6 is 0 Å². The maximum Gasteiger partial charge on any atom is -0.00262 e. The van der Waals surface area contributed by atoms with Crippen molar-refractivity contribution in [3.63, 3.8) is 0 Å². The smallest absolute Gasteiger partial charge is 0.00262 e. The van der Waals surface area contributed by atoms with Gasteiger partial charge in [0.05, 0.1) is 0 Å². The average Bonchev–Trinajstić information content (AvgIpc) is 3.32. The van der Waals surface area contributed by atoms with E-state index in [9.17, 15) is 0 Å². The lowest BCUT2D eigenvalue weighted by molar-refractivity contribution is 1.62. The minimum absolute atomic E-state index is 1.21. The highest BCUT2D eigenvalue weighted by Crippen LogP contribution is 2.45. The molecule has 0 aromatic heterocycles. The van der Waals surface area contributed by atoms with Crippen molar-refractivity contribution in [1.82, 2.24) is 0 Å². The predicted molar refractivity (Wildman–Crippen MR) is 259 cm³/mol. The third kappa shape index (κ3) is 5.84. The summed E-state index contributed by atoms with van der Waals surface area (Å²) in [7, 11) is 0. The van der Waals surface area contributed by atoms with Gasteiger partial charge in [-0.3, -0.25) is 0 Å². The zero-order valence-electron chi connectivity index (χ0n) is 32.9. The Morgan fingerprint density at radius 1 is 0.150 bits per heavy atom. The summed E-state index contributed by atoms with van der Waals surface area (Å²) in [5, 5.41) is 15.1. The molecular weight excluding hydrogens is 721 g/mol. The minimum Gasteiger partial charge on any atom is -0.0616 e. The zero-order valence-corrected chi connectivity index (χ0v) is 32.9. The van der Waals surface area contributed by atoms with E-state index in [1.54, 1.807) is 0 Å². The molecule has 12 aromatic rings. The Bertz CT molecular complexity index is 3600. The van der Waals surface area contributed by atoms with Crippen molar-refractivity contribution in [3.8, 4) is 55.6 Å². The maximum absolute atomic E-state index is 2.37. The Morgan fingerprint density at radius 2 is 0.400 bits per heavy atom. The van der Waals surface area contributed by atoms with Crippen LogP contribution in [0, 0.1) is 0 Å². The molecule has 0 saturated carbocycles. The molecule has 12 rings (SSSR count). The molecule has 0 atom stereocenters. The molecule has 0 aliphatic heterocycles. The molecular formula is C60H38. The first kappa shape index (κ1) is 34.3. The van der Waals surface area contributed by atoms with Gasteiger partial charge in [0.15, 0.2) is 0 Å². The van der Waals surface area contributed by atoms with Crippen LogP contribution in [0.2, 0.25) is 0 Å². The Morgan fingerprint density at radius 3 is 0.800 bits per heavy atom. The highest BCUT2D eigenvalue weighted by atomic mass is 14.2. The molecule has 0 radical (unpaired) electrons. The summed E-state index contributed by atoms with van der Waals surface area (Å²) < 4.78 is 0. The van der Waals surface area contributed by atoms with Crippen LogP contribution in [0.25, 0.3) is 120 Å². The fourth-order valence-corrected chi connectivity index (χ4v) is 9.53. The van der Waals surface area contributed by atoms with Crippen molar-refractivity contribution in [2.24, 2.45) is 0 Å². The summed E-state index contributed by atoms with van der Waals surface area (Å²) >= 11 is 0. The molecule has 12 aromatic carbocycles. The van der Waals surface area contributed by atoms with Crippen LogP contribution in [0.1, 0.15) is 0 Å². The Hall–Kier alpha value is -7.80. The summed E-state index contributed by atoms with van der Waals surface area (Å²) in [6, 6.07) is 85.2.